The molecule has 0 radical (unpaired) electrons. The number of nitrogens with one attached hydrogen (secondary N) is 1. The Labute approximate surface area is 186 Å². The van der Waals surface area contributed by atoms with Crippen molar-refractivity contribution in [2.24, 2.45) is 0 Å². The number of methoxy groups -OCH3 is 1. The molecule has 2 N–H and O–H groups in total. The number of benzene rings is 2. The van der Waals surface area contributed by atoms with Crippen molar-refractivity contribution in [3.63, 3.8) is 0 Å². The minimum atomic E-state index is -4.50. The topological polar surface area (TPSA) is 111 Å². The number of aromatic carboxylic acids is 1. The van der Waals surface area contributed by atoms with E-state index in [1.807, 2.05) is 0 Å². The molecule has 12 heteroatoms. The first-order valence-corrected chi connectivity index (χ1v) is 11.2. The smallest absolute Gasteiger partial charge is 0.408 e. The Morgan fingerprint density at radius 3 is 2.61 bits per heavy atom. The number of anilines is 1. The monoisotopic (exact) mass is 481 g/mol. The molecule has 0 aliphatic carbocycles. The number of hydrogen-bond donors (Lipinski definition) is 2. The van der Waals surface area contributed by atoms with Crippen LogP contribution in [-0.2, 0) is 16.4 Å². The van der Waals surface area contributed by atoms with Gasteiger partial charge in [0.15, 0.2) is 9.84 Å². The summed E-state index contributed by atoms with van der Waals surface area (Å²) < 4.78 is 67.1. The van der Waals surface area contributed by atoms with E-state index < -0.39 is 28.5 Å². The van der Waals surface area contributed by atoms with E-state index in [-0.39, 0.29) is 33.5 Å². The maximum absolute atomic E-state index is 12.6. The Bertz CT molecular complexity index is 1390. The van der Waals surface area contributed by atoms with Gasteiger partial charge in [0.1, 0.15) is 12.3 Å². The van der Waals surface area contributed by atoms with Crippen LogP contribution in [-0.4, -0.2) is 55.4 Å². The Balaban J connectivity index is 1.83. The fraction of sp³-hybridized carbons (Fsp3) is 0.238. The maximum Gasteiger partial charge on any atom is 0.408 e. The average molecular weight is 481 g/mol. The lowest BCUT2D eigenvalue weighted by atomic mass is 10.1. The molecule has 0 unspecified atom stereocenters. The zero-order chi connectivity index (χ0) is 24.4. The molecule has 174 valence electrons. The lowest BCUT2D eigenvalue weighted by Crippen LogP contribution is -2.17. The van der Waals surface area contributed by atoms with Gasteiger partial charge in [-0.05, 0) is 24.3 Å². The summed E-state index contributed by atoms with van der Waals surface area (Å²) in [5.41, 5.74) is 0.621. The lowest BCUT2D eigenvalue weighted by Gasteiger charge is -2.10. The molecule has 0 amide bonds. The number of halogens is 3. The van der Waals surface area contributed by atoms with E-state index in [9.17, 15) is 31.5 Å². The summed E-state index contributed by atoms with van der Waals surface area (Å²) in [6.07, 6.45) is -2.38. The molecule has 0 bridgehead atoms. The molecule has 8 nitrogen and oxygen atoms in total. The van der Waals surface area contributed by atoms with Gasteiger partial charge in [0.2, 0.25) is 0 Å². The third kappa shape index (κ3) is 5.95. The first-order valence-electron chi connectivity index (χ1n) is 9.29. The molecular weight excluding hydrogens is 463 g/mol. The van der Waals surface area contributed by atoms with Crippen molar-refractivity contribution in [1.29, 1.82) is 0 Å². The number of carboxylic acids is 1. The van der Waals surface area contributed by atoms with Crippen LogP contribution in [0.5, 0.6) is 5.75 Å². The number of aromatic nitrogens is 2. The van der Waals surface area contributed by atoms with Gasteiger partial charge in [-0.2, -0.15) is 18.3 Å². The van der Waals surface area contributed by atoms with Crippen LogP contribution in [0.2, 0.25) is 0 Å². The highest BCUT2D eigenvalue weighted by Gasteiger charge is 2.29. The van der Waals surface area contributed by atoms with E-state index in [2.05, 4.69) is 22.3 Å². The van der Waals surface area contributed by atoms with Crippen molar-refractivity contribution in [3.05, 3.63) is 47.7 Å². The number of sulfone groups is 1. The van der Waals surface area contributed by atoms with Gasteiger partial charge in [-0.25, -0.2) is 13.2 Å². The van der Waals surface area contributed by atoms with Crippen LogP contribution in [0.25, 0.3) is 10.9 Å². The number of rotatable bonds is 6. The predicted octanol–water partition coefficient (Wildman–Crippen LogP) is 3.17. The highest BCUT2D eigenvalue weighted by Crippen LogP contribution is 2.27. The summed E-state index contributed by atoms with van der Waals surface area (Å²) in [6.45, 7) is -1.25. The maximum atomic E-state index is 12.6. The van der Waals surface area contributed by atoms with Crippen LogP contribution in [0.1, 0.15) is 15.9 Å². The van der Waals surface area contributed by atoms with Gasteiger partial charge in [-0.3, -0.25) is 4.68 Å². The normalized spacial score (nSPS) is 11.7. The first-order chi connectivity index (χ1) is 15.4. The molecule has 2 aromatic carbocycles. The van der Waals surface area contributed by atoms with Crippen LogP contribution in [0.4, 0.5) is 18.9 Å². The van der Waals surface area contributed by atoms with E-state index in [0.29, 0.717) is 16.1 Å². The van der Waals surface area contributed by atoms with E-state index in [4.69, 9.17) is 4.74 Å². The summed E-state index contributed by atoms with van der Waals surface area (Å²) in [4.78, 5) is 11.7. The summed E-state index contributed by atoms with van der Waals surface area (Å²) >= 11 is 0. The Morgan fingerprint density at radius 2 is 2.00 bits per heavy atom. The van der Waals surface area contributed by atoms with Gasteiger partial charge >= 0.3 is 12.1 Å². The molecule has 0 fully saturated rings. The quantitative estimate of drug-likeness (QED) is 0.521. The molecule has 0 aliphatic rings. The second kappa shape index (κ2) is 9.03. The fourth-order valence-electron chi connectivity index (χ4n) is 3.02. The number of carboxylic acid groups (broad SMARTS) is 1. The summed E-state index contributed by atoms with van der Waals surface area (Å²) in [5.74, 6) is 4.51. The zero-order valence-corrected chi connectivity index (χ0v) is 18.2. The van der Waals surface area contributed by atoms with E-state index >= 15 is 0 Å². The lowest BCUT2D eigenvalue weighted by molar-refractivity contribution is -0.142. The molecule has 0 aliphatic heterocycles. The number of carbonyl (C=O) groups is 1. The molecule has 1 heterocycles. The zero-order valence-electron chi connectivity index (χ0n) is 17.4. The third-order valence-electron chi connectivity index (χ3n) is 4.45. The van der Waals surface area contributed by atoms with Crippen molar-refractivity contribution >= 4 is 32.4 Å². The van der Waals surface area contributed by atoms with Crippen LogP contribution >= 0.6 is 0 Å². The minimum absolute atomic E-state index is 0.0751. The summed E-state index contributed by atoms with van der Waals surface area (Å²) in [6, 6.07) is 6.98. The fourth-order valence-corrected chi connectivity index (χ4v) is 3.66. The molecule has 0 saturated heterocycles. The highest BCUT2D eigenvalue weighted by molar-refractivity contribution is 7.90. The summed E-state index contributed by atoms with van der Waals surface area (Å²) in [5, 5.41) is 16.3. The van der Waals surface area contributed by atoms with Crippen LogP contribution in [0.15, 0.2) is 41.4 Å². The second-order valence-corrected chi connectivity index (χ2v) is 9.01. The number of ether oxygens (including phenoxy) is 1. The molecule has 0 atom stereocenters. The SMILES string of the molecule is COc1cc(S(C)(=O)=O)ccc1NCC#Cc1cc(C(=O)O)c2cn(CC(F)(F)F)nc2c1. The molecular formula is C21H18F3N3O5S. The van der Waals surface area contributed by atoms with Gasteiger partial charge in [0.05, 0.1) is 35.3 Å². The molecule has 0 saturated carbocycles. The van der Waals surface area contributed by atoms with Gasteiger partial charge in [-0.15, -0.1) is 0 Å². The van der Waals surface area contributed by atoms with Crippen LogP contribution in [0.3, 0.4) is 0 Å². The van der Waals surface area contributed by atoms with Crippen molar-refractivity contribution in [2.45, 2.75) is 17.6 Å². The predicted molar refractivity (Wildman–Crippen MR) is 114 cm³/mol. The van der Waals surface area contributed by atoms with Crippen molar-refractivity contribution in [1.82, 2.24) is 9.78 Å². The molecule has 3 aromatic rings. The van der Waals surface area contributed by atoms with Crippen molar-refractivity contribution in [2.75, 3.05) is 25.2 Å². The summed E-state index contributed by atoms with van der Waals surface area (Å²) in [7, 11) is -2.02. The second-order valence-electron chi connectivity index (χ2n) is 6.99. The number of hydrogen-bond acceptors (Lipinski definition) is 6. The molecule has 1 aromatic heterocycles. The van der Waals surface area contributed by atoms with E-state index in [1.54, 1.807) is 0 Å². The van der Waals surface area contributed by atoms with Crippen LogP contribution < -0.4 is 10.1 Å². The van der Waals surface area contributed by atoms with Gasteiger partial charge in [0.25, 0.3) is 0 Å². The highest BCUT2D eigenvalue weighted by atomic mass is 32.2. The Kier molecular flexibility index (Phi) is 6.55. The molecule has 33 heavy (non-hydrogen) atoms. The standard InChI is InChI=1S/C21H18F3N3O5S/c1-32-19-10-14(33(2,30)31)5-6-17(19)25-7-3-4-13-8-15(20(28)29)16-11-27(12-21(22,23)24)26-18(16)9-13/h5-6,8-11,25H,7,12H2,1-2H3,(H,28,29). The Morgan fingerprint density at radius 1 is 1.27 bits per heavy atom. The van der Waals surface area contributed by atoms with Crippen molar-refractivity contribution < 1.29 is 36.2 Å². The number of fused-ring (bicyclic) bond motifs is 1. The van der Waals surface area contributed by atoms with E-state index in [1.165, 1.54) is 37.4 Å². The molecule has 0 spiro atoms. The number of alkyl halides is 3. The van der Waals surface area contributed by atoms with Gasteiger partial charge in [0, 0.05) is 29.5 Å². The average Bonchev–Trinajstić information content (AvgIpc) is 3.09. The first kappa shape index (κ1) is 23.9. The molecule has 3 rings (SSSR count). The van der Waals surface area contributed by atoms with E-state index in [0.717, 1.165) is 12.5 Å². The van der Waals surface area contributed by atoms with Gasteiger partial charge < -0.3 is 15.2 Å². The largest absolute Gasteiger partial charge is 0.495 e. The Hall–Kier alpha value is -3.72. The van der Waals surface area contributed by atoms with Gasteiger partial charge in [-0.1, -0.05) is 11.8 Å². The third-order valence-corrected chi connectivity index (χ3v) is 5.56. The van der Waals surface area contributed by atoms with Crippen molar-refractivity contribution in [3.8, 4) is 17.6 Å². The number of nitrogens with zero attached hydrogens (tertiary/aromatic N) is 2. The minimum Gasteiger partial charge on any atom is -0.495 e. The van der Waals surface area contributed by atoms with Crippen LogP contribution in [0, 0.1) is 11.8 Å².